The Bertz CT molecular complexity index is 1860. The van der Waals surface area contributed by atoms with E-state index in [-0.39, 0.29) is 0 Å². The quantitative estimate of drug-likeness (QED) is 0.233. The van der Waals surface area contributed by atoms with Crippen molar-refractivity contribution in [1.82, 2.24) is 4.98 Å². The Morgan fingerprint density at radius 1 is 0.568 bits per heavy atom. The fourth-order valence-corrected chi connectivity index (χ4v) is 7.93. The molecule has 1 atom stereocenters. The van der Waals surface area contributed by atoms with Crippen LogP contribution in [0.4, 0.5) is 0 Å². The van der Waals surface area contributed by atoms with Gasteiger partial charge in [0, 0.05) is 27.9 Å². The summed E-state index contributed by atoms with van der Waals surface area (Å²) in [6.45, 7) is 1.89. The highest BCUT2D eigenvalue weighted by molar-refractivity contribution is 7.79. The molecule has 3 heteroatoms. The Kier molecular flexibility index (Phi) is 4.99. The summed E-state index contributed by atoms with van der Waals surface area (Å²) in [5, 5.41) is 4.30. The number of aromatic nitrogens is 1. The molecule has 0 saturated heterocycles. The second-order valence-corrected chi connectivity index (χ2v) is 12.5. The zero-order chi connectivity index (χ0) is 25.0. The van der Waals surface area contributed by atoms with E-state index in [0.29, 0.717) is 0 Å². The Morgan fingerprint density at radius 2 is 1.30 bits per heavy atom. The lowest BCUT2D eigenvalue weighted by molar-refractivity contribution is 0.591. The molecule has 0 bridgehead atoms. The lowest BCUT2D eigenvalue weighted by Crippen LogP contribution is -2.07. The van der Waals surface area contributed by atoms with Crippen molar-refractivity contribution in [2.45, 2.75) is 0 Å². The molecule has 1 aliphatic heterocycles. The Balaban J connectivity index is 1.43. The molecule has 0 fully saturated rings. The summed E-state index contributed by atoms with van der Waals surface area (Å²) in [5.74, 6) is 0. The van der Waals surface area contributed by atoms with Crippen LogP contribution < -0.4 is 10.6 Å². The molecule has 1 aromatic heterocycles. The molecule has 0 N–H and O–H groups in total. The summed E-state index contributed by atoms with van der Waals surface area (Å²) < 4.78 is 13.7. The molecule has 0 radical (unpaired) electrons. The SMILES string of the molecule is CP1(=O)c2ccccc2-c2cc(-c3ccc4ccccc4c3-c3ccc(-c4ccccc4)nc3)ccc21. The summed E-state index contributed by atoms with van der Waals surface area (Å²) in [6.07, 6.45) is 1.98. The fourth-order valence-electron chi connectivity index (χ4n) is 5.64. The standard InChI is InChI=1S/C34H24NOP/c1-37(36)32-14-8-7-13-29(32)30-21-25(17-20-33(30)37)28-18-15-23-9-5-6-12-27(23)34(28)26-16-19-31(35-22-26)24-10-3-2-4-11-24/h2-22H,1H3. The minimum Gasteiger partial charge on any atom is -0.314 e. The van der Waals surface area contributed by atoms with Crippen LogP contribution in [0.3, 0.4) is 0 Å². The maximum absolute atomic E-state index is 13.7. The predicted octanol–water partition coefficient (Wildman–Crippen LogP) is 8.16. The summed E-state index contributed by atoms with van der Waals surface area (Å²) in [5.41, 5.74) is 8.73. The van der Waals surface area contributed by atoms with Crippen LogP contribution in [0.2, 0.25) is 0 Å². The largest absolute Gasteiger partial charge is 0.314 e. The van der Waals surface area contributed by atoms with Crippen LogP contribution in [0.1, 0.15) is 0 Å². The average molecular weight is 494 g/mol. The molecule has 2 heterocycles. The Hall–Kier alpha value is -4.26. The second kappa shape index (κ2) is 8.40. The van der Waals surface area contributed by atoms with Gasteiger partial charge in [-0.3, -0.25) is 4.98 Å². The maximum Gasteiger partial charge on any atom is 0.141 e. The van der Waals surface area contributed by atoms with Gasteiger partial charge < -0.3 is 4.57 Å². The third-order valence-electron chi connectivity index (χ3n) is 7.47. The van der Waals surface area contributed by atoms with Crippen molar-refractivity contribution in [3.63, 3.8) is 0 Å². The fraction of sp³-hybridized carbons (Fsp3) is 0.0294. The Labute approximate surface area is 216 Å². The molecular weight excluding hydrogens is 469 g/mol. The van der Waals surface area contributed by atoms with Crippen LogP contribution in [0, 0.1) is 0 Å². The van der Waals surface area contributed by atoms with Crippen molar-refractivity contribution in [1.29, 1.82) is 0 Å². The molecule has 0 aliphatic carbocycles. The van der Waals surface area contributed by atoms with Gasteiger partial charge in [-0.1, -0.05) is 103 Å². The lowest BCUT2D eigenvalue weighted by atomic mass is 9.89. The first-order chi connectivity index (χ1) is 18.1. The third-order valence-corrected chi connectivity index (χ3v) is 10.1. The Morgan fingerprint density at radius 3 is 2.14 bits per heavy atom. The molecule has 0 amide bonds. The number of hydrogen-bond acceptors (Lipinski definition) is 2. The van der Waals surface area contributed by atoms with E-state index in [1.54, 1.807) is 0 Å². The van der Waals surface area contributed by atoms with E-state index >= 15 is 0 Å². The highest BCUT2D eigenvalue weighted by atomic mass is 31.2. The van der Waals surface area contributed by atoms with Crippen molar-refractivity contribution in [3.8, 4) is 44.6 Å². The van der Waals surface area contributed by atoms with E-state index in [1.165, 1.54) is 10.8 Å². The van der Waals surface area contributed by atoms with E-state index in [0.717, 1.165) is 55.2 Å². The van der Waals surface area contributed by atoms with Crippen LogP contribution in [0.5, 0.6) is 0 Å². The zero-order valence-electron chi connectivity index (χ0n) is 20.4. The number of fused-ring (bicyclic) bond motifs is 4. The summed E-state index contributed by atoms with van der Waals surface area (Å²) in [4.78, 5) is 4.84. The number of pyridine rings is 1. The summed E-state index contributed by atoms with van der Waals surface area (Å²) in [7, 11) is -2.59. The number of hydrogen-bond donors (Lipinski definition) is 0. The molecule has 1 unspecified atom stereocenters. The van der Waals surface area contributed by atoms with E-state index in [9.17, 15) is 4.57 Å². The molecule has 37 heavy (non-hydrogen) atoms. The van der Waals surface area contributed by atoms with Gasteiger partial charge in [0.1, 0.15) is 7.14 Å². The van der Waals surface area contributed by atoms with Crippen LogP contribution in [0.25, 0.3) is 55.4 Å². The van der Waals surface area contributed by atoms with Gasteiger partial charge in [-0.25, -0.2) is 0 Å². The van der Waals surface area contributed by atoms with Gasteiger partial charge in [0.15, 0.2) is 0 Å². The van der Waals surface area contributed by atoms with Gasteiger partial charge in [-0.05, 0) is 63.5 Å². The normalized spacial score (nSPS) is 15.9. The van der Waals surface area contributed by atoms with Crippen molar-refractivity contribution < 1.29 is 4.57 Å². The van der Waals surface area contributed by atoms with Crippen molar-refractivity contribution >= 4 is 28.5 Å². The first kappa shape index (κ1) is 22.0. The summed E-state index contributed by atoms with van der Waals surface area (Å²) >= 11 is 0. The van der Waals surface area contributed by atoms with Crippen LogP contribution in [-0.4, -0.2) is 11.6 Å². The average Bonchev–Trinajstić information content (AvgIpc) is 3.19. The zero-order valence-corrected chi connectivity index (χ0v) is 21.3. The first-order valence-electron chi connectivity index (χ1n) is 12.5. The molecule has 176 valence electrons. The molecule has 5 aromatic carbocycles. The smallest absolute Gasteiger partial charge is 0.141 e. The molecular formula is C34H24NOP. The molecule has 0 spiro atoms. The highest BCUT2D eigenvalue weighted by Crippen LogP contribution is 2.51. The van der Waals surface area contributed by atoms with Crippen LogP contribution >= 0.6 is 7.14 Å². The molecule has 0 saturated carbocycles. The number of rotatable bonds is 3. The molecule has 1 aliphatic rings. The lowest BCUT2D eigenvalue weighted by Gasteiger charge is -2.16. The van der Waals surface area contributed by atoms with Gasteiger partial charge in [0.2, 0.25) is 0 Å². The second-order valence-electron chi connectivity index (χ2n) is 9.68. The van der Waals surface area contributed by atoms with Crippen molar-refractivity contribution in [3.05, 3.63) is 128 Å². The first-order valence-corrected chi connectivity index (χ1v) is 14.6. The van der Waals surface area contributed by atoms with E-state index in [4.69, 9.17) is 4.98 Å². The van der Waals surface area contributed by atoms with Gasteiger partial charge in [-0.15, -0.1) is 0 Å². The third kappa shape index (κ3) is 3.49. The van der Waals surface area contributed by atoms with Crippen molar-refractivity contribution in [2.24, 2.45) is 0 Å². The number of nitrogens with zero attached hydrogens (tertiary/aromatic N) is 1. The maximum atomic E-state index is 13.7. The van der Waals surface area contributed by atoms with Gasteiger partial charge in [0.25, 0.3) is 0 Å². The monoisotopic (exact) mass is 493 g/mol. The van der Waals surface area contributed by atoms with Gasteiger partial charge in [0.05, 0.1) is 5.69 Å². The minimum absolute atomic E-state index is 0.952. The predicted molar refractivity (Wildman–Crippen MR) is 156 cm³/mol. The van der Waals surface area contributed by atoms with E-state index in [1.807, 2.05) is 49.3 Å². The van der Waals surface area contributed by atoms with E-state index < -0.39 is 7.14 Å². The minimum atomic E-state index is -2.59. The number of benzene rings is 5. The molecule has 2 nitrogen and oxygen atoms in total. The van der Waals surface area contributed by atoms with Crippen LogP contribution in [0.15, 0.2) is 128 Å². The molecule has 6 aromatic rings. The highest BCUT2D eigenvalue weighted by Gasteiger charge is 2.34. The van der Waals surface area contributed by atoms with E-state index in [2.05, 4.69) is 84.9 Å². The van der Waals surface area contributed by atoms with Crippen LogP contribution in [-0.2, 0) is 4.57 Å². The van der Waals surface area contributed by atoms with Gasteiger partial charge in [-0.2, -0.15) is 0 Å². The van der Waals surface area contributed by atoms with Gasteiger partial charge >= 0.3 is 0 Å². The summed E-state index contributed by atoms with van der Waals surface area (Å²) in [6, 6.07) is 42.0. The molecule has 7 rings (SSSR count). The topological polar surface area (TPSA) is 30.0 Å². The van der Waals surface area contributed by atoms with Crippen molar-refractivity contribution in [2.75, 3.05) is 6.66 Å².